The maximum absolute atomic E-state index is 12.4. The summed E-state index contributed by atoms with van der Waals surface area (Å²) in [6.07, 6.45) is 0.247. The van der Waals surface area contributed by atoms with Crippen molar-refractivity contribution < 1.29 is 54.5 Å². The van der Waals surface area contributed by atoms with Gasteiger partial charge in [0.1, 0.15) is 11.3 Å². The van der Waals surface area contributed by atoms with Gasteiger partial charge in [-0.15, -0.1) is 4.33 Å². The fourth-order valence-corrected chi connectivity index (χ4v) is 6.31. The molecule has 45 heavy (non-hydrogen) atoms. The normalized spacial score (nSPS) is 16.0. The fraction of sp³-hybridized carbons (Fsp3) is 0.286. The number of rotatable bonds is 11. The molecule has 3 aliphatic rings. The number of benzene rings is 3. The molecule has 17 heteroatoms. The molecule has 0 saturated carbocycles. The second-order valence-electron chi connectivity index (χ2n) is 10.4. The average molecular weight is 681 g/mol. The van der Waals surface area contributed by atoms with E-state index in [-0.39, 0.29) is 24.1 Å². The highest BCUT2D eigenvalue weighted by atomic mass is 32.2. The van der Waals surface area contributed by atoms with E-state index in [4.69, 9.17) is 13.9 Å². The summed E-state index contributed by atoms with van der Waals surface area (Å²) >= 11 is 3.51. The van der Waals surface area contributed by atoms with E-state index in [0.717, 1.165) is 23.4 Å². The number of carbonyl (C=O) groups is 1. The van der Waals surface area contributed by atoms with Crippen LogP contribution in [0.4, 0.5) is 5.69 Å². The van der Waals surface area contributed by atoms with E-state index in [1.54, 1.807) is 25.1 Å². The first kappa shape index (κ1) is 32.8. The third-order valence-corrected chi connectivity index (χ3v) is 9.16. The Labute approximate surface area is 263 Å². The Morgan fingerprint density at radius 2 is 1.82 bits per heavy atom. The number of hydrogen-bond acceptors (Lipinski definition) is 12. The maximum atomic E-state index is 12.4. The molecule has 0 amide bonds. The lowest BCUT2D eigenvalue weighted by atomic mass is 9.89. The van der Waals surface area contributed by atoms with Gasteiger partial charge in [-0.25, -0.2) is 4.79 Å². The van der Waals surface area contributed by atoms with Crippen LogP contribution in [0, 0.1) is 13.8 Å². The summed E-state index contributed by atoms with van der Waals surface area (Å²) in [7, 11) is -8.83. The minimum Gasteiger partial charge on any atom is -0.478 e. The van der Waals surface area contributed by atoms with E-state index in [2.05, 4.69) is 27.3 Å². The van der Waals surface area contributed by atoms with Crippen molar-refractivity contribution in [1.29, 1.82) is 0 Å². The summed E-state index contributed by atoms with van der Waals surface area (Å²) in [6, 6.07) is 10.3. The summed E-state index contributed by atoms with van der Waals surface area (Å²) < 4.78 is 75.2. The molecule has 1 fully saturated rings. The van der Waals surface area contributed by atoms with Crippen molar-refractivity contribution in [3.8, 4) is 22.5 Å². The van der Waals surface area contributed by atoms with Crippen molar-refractivity contribution in [3.05, 3.63) is 64.5 Å². The summed E-state index contributed by atoms with van der Waals surface area (Å²) in [5.74, 6) is -1.56. The van der Waals surface area contributed by atoms with Crippen LogP contribution in [-0.2, 0) is 34.5 Å². The van der Waals surface area contributed by atoms with Gasteiger partial charge in [-0.1, -0.05) is 11.1 Å². The van der Waals surface area contributed by atoms with Gasteiger partial charge in [-0.3, -0.25) is 14.1 Å². The van der Waals surface area contributed by atoms with E-state index in [0.29, 0.717) is 51.7 Å². The number of aromatic carboxylic acids is 1. The van der Waals surface area contributed by atoms with Crippen LogP contribution in [0.2, 0.25) is 0 Å². The Balaban J connectivity index is 1.77. The molecule has 14 nitrogen and oxygen atoms in total. The quantitative estimate of drug-likeness (QED) is 0.0334. The number of aryl methyl sites for hydroxylation is 2. The number of fused-ring (bicyclic) bond motifs is 2. The van der Waals surface area contributed by atoms with Gasteiger partial charge in [0.2, 0.25) is 0 Å². The summed E-state index contributed by atoms with van der Waals surface area (Å²) in [6.45, 7) is 4.35. The number of hydrogen-bond donors (Lipinski definition) is 4. The van der Waals surface area contributed by atoms with Crippen molar-refractivity contribution in [1.82, 2.24) is 0 Å². The largest absolute Gasteiger partial charge is 0.478 e. The smallest absolute Gasteiger partial charge is 0.336 e. The molecule has 240 valence electrons. The molecule has 1 aliphatic carbocycles. The molecule has 3 N–H and O–H groups in total. The van der Waals surface area contributed by atoms with E-state index >= 15 is 0 Å². The number of carboxylic acids is 1. The highest BCUT2D eigenvalue weighted by Crippen LogP contribution is 2.44. The van der Waals surface area contributed by atoms with Crippen molar-refractivity contribution >= 4 is 55.8 Å². The highest BCUT2D eigenvalue weighted by molar-refractivity contribution is 7.86. The van der Waals surface area contributed by atoms with Gasteiger partial charge in [0, 0.05) is 66.8 Å². The van der Waals surface area contributed by atoms with Gasteiger partial charge in [0.15, 0.2) is 6.23 Å². The van der Waals surface area contributed by atoms with Crippen LogP contribution in [0.1, 0.15) is 34.3 Å². The van der Waals surface area contributed by atoms with Crippen LogP contribution in [0.25, 0.3) is 33.4 Å². The predicted octanol–water partition coefficient (Wildman–Crippen LogP) is 4.21. The molecule has 2 aromatic rings. The first-order chi connectivity index (χ1) is 21.2. The molecule has 1 saturated heterocycles. The van der Waals surface area contributed by atoms with Crippen LogP contribution in [-0.4, -0.2) is 62.1 Å². The Hall–Kier alpha value is -3.55. The molecule has 2 aliphatic heterocycles. The molecule has 2 aromatic carbocycles. The summed E-state index contributed by atoms with van der Waals surface area (Å²) in [5.41, 5.74) is 3.28. The van der Waals surface area contributed by atoms with Crippen LogP contribution in [0.5, 0.6) is 0 Å². The third kappa shape index (κ3) is 7.00. The highest BCUT2D eigenvalue weighted by Gasteiger charge is 2.33. The molecule has 0 aromatic heterocycles. The molecule has 2 heterocycles. The van der Waals surface area contributed by atoms with Gasteiger partial charge in [0.25, 0.3) is 20.2 Å². The van der Waals surface area contributed by atoms with Crippen molar-refractivity contribution in [2.75, 3.05) is 23.7 Å². The van der Waals surface area contributed by atoms with Crippen molar-refractivity contribution in [2.24, 2.45) is 4.99 Å². The van der Waals surface area contributed by atoms with Crippen LogP contribution >= 0.6 is 12.9 Å². The molecule has 0 bridgehead atoms. The predicted molar refractivity (Wildman–Crippen MR) is 164 cm³/mol. The van der Waals surface area contributed by atoms with Gasteiger partial charge in [-0.2, -0.15) is 21.7 Å². The molecule has 0 spiro atoms. The first-order valence-corrected chi connectivity index (χ1v) is 16.8. The number of thiol groups is 1. The molecule has 1 unspecified atom stereocenters. The molecule has 1 atom stereocenters. The molecule has 0 radical (unpaired) electrons. The number of nitrogens with zero attached hydrogens (tertiary/aromatic N) is 2. The van der Waals surface area contributed by atoms with E-state index in [1.807, 2.05) is 17.9 Å². The Morgan fingerprint density at radius 1 is 1.07 bits per heavy atom. The summed E-state index contributed by atoms with van der Waals surface area (Å²) in [4.78, 5) is 23.4. The van der Waals surface area contributed by atoms with E-state index in [9.17, 15) is 31.3 Å². The number of anilines is 1. The molecule has 5 rings (SSSR count). The van der Waals surface area contributed by atoms with E-state index < -0.39 is 43.1 Å². The van der Waals surface area contributed by atoms with Crippen molar-refractivity contribution in [2.45, 2.75) is 37.8 Å². The zero-order valence-electron chi connectivity index (χ0n) is 23.8. The lowest BCUT2D eigenvalue weighted by Gasteiger charge is -2.41. The molecular formula is C28H28N2O12S3. The second-order valence-corrected chi connectivity index (χ2v) is 13.6. The third-order valence-electron chi connectivity index (χ3n) is 7.44. The lowest BCUT2D eigenvalue weighted by Crippen LogP contribution is -2.49. The minimum absolute atomic E-state index is 0.0855. The minimum atomic E-state index is -4.69. The van der Waals surface area contributed by atoms with Gasteiger partial charge >= 0.3 is 5.97 Å². The zero-order chi connectivity index (χ0) is 32.7. The van der Waals surface area contributed by atoms with Gasteiger partial charge < -0.3 is 14.4 Å². The Kier molecular flexibility index (Phi) is 9.25. The molecular weight excluding hydrogens is 653 g/mol. The van der Waals surface area contributed by atoms with Crippen LogP contribution < -0.4 is 10.3 Å². The Morgan fingerprint density at radius 3 is 2.44 bits per heavy atom. The monoisotopic (exact) mass is 680 g/mol. The van der Waals surface area contributed by atoms with E-state index in [1.165, 1.54) is 6.07 Å². The maximum Gasteiger partial charge on any atom is 0.336 e. The first-order valence-electron chi connectivity index (χ1n) is 13.4. The van der Waals surface area contributed by atoms with Crippen LogP contribution in [0.15, 0.2) is 56.8 Å². The zero-order valence-corrected chi connectivity index (χ0v) is 26.4. The van der Waals surface area contributed by atoms with Crippen molar-refractivity contribution in [3.63, 3.8) is 0 Å². The van der Waals surface area contributed by atoms with Gasteiger partial charge in [-0.05, 0) is 61.2 Å². The summed E-state index contributed by atoms with van der Waals surface area (Å²) in [5, 5.41) is 15.7. The SMILES string of the molecule is Cc1cc2c(-c3ccc(S(=O)(=O)O)cc3C(=O)O)c3cc(C)c(=NCCCS(=O)(=O)O)cc-3oc2cc1N1CCC1OOOS. The van der Waals surface area contributed by atoms with Crippen LogP contribution in [0.3, 0.4) is 0 Å². The topological polar surface area (TPSA) is 202 Å². The second kappa shape index (κ2) is 12.7. The fourth-order valence-electron chi connectivity index (χ4n) is 5.28. The van der Waals surface area contributed by atoms with Gasteiger partial charge in [0.05, 0.1) is 21.6 Å². The number of carboxylic acid groups (broad SMARTS) is 1. The Bertz CT molecular complexity index is 2060. The lowest BCUT2D eigenvalue weighted by molar-refractivity contribution is -0.480. The standard InChI is InChI=1S/C28H28N2O12S3/c1-15-10-20-24(13-22(15)29-7-3-9-44(33,34)35)39-25-14-23(30-8-6-26(30)40-41-42-43)16(2)11-21(25)27(20)18-5-4-17(45(36,37)38)12-19(18)28(31)32/h4-5,10-14,26,43H,3,6-9H2,1-2H3,(H,31,32)(H,33,34,35)(H,36,37,38). The average Bonchev–Trinajstić information content (AvgIpc) is 2.93.